The van der Waals surface area contributed by atoms with E-state index in [-0.39, 0.29) is 0 Å². The third-order valence-corrected chi connectivity index (χ3v) is 2.43. The number of hydrogen-bond acceptors (Lipinski definition) is 1. The molecule has 0 N–H and O–H groups in total. The molecule has 0 amide bonds. The van der Waals surface area contributed by atoms with Crippen LogP contribution < -0.4 is 0 Å². The molecule has 0 saturated heterocycles. The lowest BCUT2D eigenvalue weighted by atomic mass is 10.1. The Hall–Kier alpha value is -1.37. The van der Waals surface area contributed by atoms with Gasteiger partial charge in [-0.1, -0.05) is 24.3 Å². The average Bonchev–Trinajstić information content (AvgIpc) is 2.44. The lowest BCUT2D eigenvalue weighted by molar-refractivity contribution is -0.104. The molecule has 0 unspecified atom stereocenters. The Labute approximate surface area is 71.7 Å². The average molecular weight is 158 g/mol. The maximum atomic E-state index is 10.6. The van der Waals surface area contributed by atoms with Crippen molar-refractivity contribution in [2.45, 2.75) is 13.3 Å². The molecule has 0 atom stereocenters. The minimum Gasteiger partial charge on any atom is -0.298 e. The van der Waals surface area contributed by atoms with Gasteiger partial charge in [0, 0.05) is 6.42 Å². The van der Waals surface area contributed by atoms with Crippen molar-refractivity contribution in [3.8, 4) is 0 Å². The van der Waals surface area contributed by atoms with E-state index < -0.39 is 0 Å². The summed E-state index contributed by atoms with van der Waals surface area (Å²) in [5.41, 5.74) is 4.58. The number of allylic oxidation sites excluding steroid dienone is 2. The molecule has 0 aromatic heterocycles. The second kappa shape index (κ2) is 2.59. The SMILES string of the molecule is CC1=C(C=O)Cc2ccccc21. The monoisotopic (exact) mass is 158 g/mol. The molecule has 0 radical (unpaired) electrons. The molecule has 2 rings (SSSR count). The van der Waals surface area contributed by atoms with E-state index in [1.165, 1.54) is 11.1 Å². The number of fused-ring (bicyclic) bond motifs is 1. The highest BCUT2D eigenvalue weighted by molar-refractivity contribution is 5.92. The Kier molecular flexibility index (Phi) is 1.58. The zero-order valence-electron chi connectivity index (χ0n) is 7.00. The van der Waals surface area contributed by atoms with Crippen LogP contribution in [0.2, 0.25) is 0 Å². The van der Waals surface area contributed by atoms with Gasteiger partial charge in [-0.3, -0.25) is 4.79 Å². The molecule has 1 nitrogen and oxygen atoms in total. The summed E-state index contributed by atoms with van der Waals surface area (Å²) < 4.78 is 0. The van der Waals surface area contributed by atoms with Gasteiger partial charge in [0.2, 0.25) is 0 Å². The second-order valence-corrected chi connectivity index (χ2v) is 3.10. The normalized spacial score (nSPS) is 14.8. The van der Waals surface area contributed by atoms with Gasteiger partial charge in [0.25, 0.3) is 0 Å². The summed E-state index contributed by atoms with van der Waals surface area (Å²) in [5, 5.41) is 0. The van der Waals surface area contributed by atoms with Gasteiger partial charge in [-0.15, -0.1) is 0 Å². The molecule has 0 spiro atoms. The van der Waals surface area contributed by atoms with Crippen LogP contribution in [-0.2, 0) is 11.2 Å². The summed E-state index contributed by atoms with van der Waals surface area (Å²) in [4.78, 5) is 10.6. The largest absolute Gasteiger partial charge is 0.298 e. The molecule has 12 heavy (non-hydrogen) atoms. The van der Waals surface area contributed by atoms with Gasteiger partial charge in [-0.25, -0.2) is 0 Å². The highest BCUT2D eigenvalue weighted by Crippen LogP contribution is 2.30. The van der Waals surface area contributed by atoms with Crippen molar-refractivity contribution in [3.05, 3.63) is 41.0 Å². The molecule has 0 aliphatic heterocycles. The Morgan fingerprint density at radius 1 is 1.33 bits per heavy atom. The van der Waals surface area contributed by atoms with E-state index in [4.69, 9.17) is 0 Å². The van der Waals surface area contributed by atoms with Gasteiger partial charge in [-0.05, 0) is 29.2 Å². The molecule has 0 bridgehead atoms. The molecule has 1 aliphatic carbocycles. The van der Waals surface area contributed by atoms with E-state index in [1.807, 2.05) is 19.1 Å². The van der Waals surface area contributed by atoms with Gasteiger partial charge in [0.15, 0.2) is 0 Å². The molecular weight excluding hydrogens is 148 g/mol. The number of carbonyl (C=O) groups excluding carboxylic acids is 1. The Balaban J connectivity index is 2.56. The number of hydrogen-bond donors (Lipinski definition) is 0. The first-order chi connectivity index (χ1) is 5.83. The zero-order chi connectivity index (χ0) is 8.55. The van der Waals surface area contributed by atoms with Crippen LogP contribution in [0.15, 0.2) is 29.8 Å². The summed E-state index contributed by atoms with van der Waals surface area (Å²) >= 11 is 0. The van der Waals surface area contributed by atoms with Crippen molar-refractivity contribution in [1.82, 2.24) is 0 Å². The summed E-state index contributed by atoms with van der Waals surface area (Å²) in [5.74, 6) is 0. The van der Waals surface area contributed by atoms with Crippen molar-refractivity contribution in [2.75, 3.05) is 0 Å². The summed E-state index contributed by atoms with van der Waals surface area (Å²) in [6.07, 6.45) is 1.78. The minimum atomic E-state index is 0.811. The van der Waals surface area contributed by atoms with E-state index in [2.05, 4.69) is 12.1 Å². The quantitative estimate of drug-likeness (QED) is 0.573. The summed E-state index contributed by atoms with van der Waals surface area (Å²) in [6.45, 7) is 2.01. The Morgan fingerprint density at radius 2 is 2.08 bits per heavy atom. The topological polar surface area (TPSA) is 17.1 Å². The van der Waals surface area contributed by atoms with Crippen molar-refractivity contribution >= 4 is 11.9 Å². The first kappa shape index (κ1) is 7.29. The fourth-order valence-corrected chi connectivity index (χ4v) is 1.68. The lowest BCUT2D eigenvalue weighted by Gasteiger charge is -1.97. The molecule has 0 heterocycles. The van der Waals surface area contributed by atoms with Crippen LogP contribution in [0.5, 0.6) is 0 Å². The lowest BCUT2D eigenvalue weighted by Crippen LogP contribution is -1.84. The predicted molar refractivity (Wildman–Crippen MR) is 48.8 cm³/mol. The maximum absolute atomic E-state index is 10.6. The van der Waals surface area contributed by atoms with E-state index >= 15 is 0 Å². The standard InChI is InChI=1S/C11H10O/c1-8-10(7-12)6-9-4-2-3-5-11(8)9/h2-5,7H,6H2,1H3. The van der Waals surface area contributed by atoms with Crippen LogP contribution in [-0.4, -0.2) is 6.29 Å². The van der Waals surface area contributed by atoms with Gasteiger partial charge in [0.1, 0.15) is 6.29 Å². The number of carbonyl (C=O) groups is 1. The van der Waals surface area contributed by atoms with E-state index in [0.717, 1.165) is 23.9 Å². The number of benzene rings is 1. The smallest absolute Gasteiger partial charge is 0.146 e. The van der Waals surface area contributed by atoms with Crippen molar-refractivity contribution in [2.24, 2.45) is 0 Å². The second-order valence-electron chi connectivity index (χ2n) is 3.10. The van der Waals surface area contributed by atoms with Crippen LogP contribution in [0.3, 0.4) is 0 Å². The molecule has 1 aliphatic rings. The maximum Gasteiger partial charge on any atom is 0.146 e. The zero-order valence-corrected chi connectivity index (χ0v) is 7.00. The first-order valence-electron chi connectivity index (χ1n) is 4.06. The first-order valence-corrected chi connectivity index (χ1v) is 4.06. The number of rotatable bonds is 1. The van der Waals surface area contributed by atoms with Crippen molar-refractivity contribution in [3.63, 3.8) is 0 Å². The van der Waals surface area contributed by atoms with E-state index in [0.29, 0.717) is 0 Å². The summed E-state index contributed by atoms with van der Waals surface area (Å²) in [6, 6.07) is 8.17. The van der Waals surface area contributed by atoms with Crippen LogP contribution >= 0.6 is 0 Å². The van der Waals surface area contributed by atoms with Crippen LogP contribution in [0.25, 0.3) is 5.57 Å². The molecule has 1 aromatic carbocycles. The van der Waals surface area contributed by atoms with Crippen LogP contribution in [0.4, 0.5) is 0 Å². The third-order valence-electron chi connectivity index (χ3n) is 2.43. The van der Waals surface area contributed by atoms with Crippen molar-refractivity contribution < 1.29 is 4.79 Å². The Morgan fingerprint density at radius 3 is 2.75 bits per heavy atom. The van der Waals surface area contributed by atoms with Crippen molar-refractivity contribution in [1.29, 1.82) is 0 Å². The van der Waals surface area contributed by atoms with E-state index in [9.17, 15) is 4.79 Å². The molecule has 0 fully saturated rings. The molecule has 1 aromatic rings. The van der Waals surface area contributed by atoms with Crippen LogP contribution in [0, 0.1) is 0 Å². The van der Waals surface area contributed by atoms with Crippen LogP contribution in [0.1, 0.15) is 18.1 Å². The molecule has 0 saturated carbocycles. The molecule has 1 heteroatoms. The predicted octanol–water partition coefficient (Wildman–Crippen LogP) is 2.22. The molecular formula is C11H10O. The Bertz CT molecular complexity index is 361. The number of aldehydes is 1. The summed E-state index contributed by atoms with van der Waals surface area (Å²) in [7, 11) is 0. The minimum absolute atomic E-state index is 0.811. The van der Waals surface area contributed by atoms with Gasteiger partial charge >= 0.3 is 0 Å². The van der Waals surface area contributed by atoms with E-state index in [1.54, 1.807) is 0 Å². The third kappa shape index (κ3) is 0.900. The van der Waals surface area contributed by atoms with Gasteiger partial charge < -0.3 is 0 Å². The van der Waals surface area contributed by atoms with Gasteiger partial charge in [0.05, 0.1) is 0 Å². The highest BCUT2D eigenvalue weighted by atomic mass is 16.1. The molecule has 60 valence electrons. The fraction of sp³-hybridized carbons (Fsp3) is 0.182. The fourth-order valence-electron chi connectivity index (χ4n) is 1.68. The highest BCUT2D eigenvalue weighted by Gasteiger charge is 2.16. The van der Waals surface area contributed by atoms with Gasteiger partial charge in [-0.2, -0.15) is 0 Å².